The number of nitrogens with zero attached hydrogens (tertiary/aromatic N) is 2. The summed E-state index contributed by atoms with van der Waals surface area (Å²) in [5, 5.41) is 8.07. The van der Waals surface area contributed by atoms with Crippen molar-refractivity contribution >= 4 is 34.6 Å². The quantitative estimate of drug-likeness (QED) is 0.788. The van der Waals surface area contributed by atoms with Crippen LogP contribution in [0.2, 0.25) is 0 Å². The summed E-state index contributed by atoms with van der Waals surface area (Å²) < 4.78 is 0. The van der Waals surface area contributed by atoms with E-state index in [1.54, 1.807) is 11.3 Å². The second-order valence-electron chi connectivity index (χ2n) is 5.02. The Morgan fingerprint density at radius 1 is 1.38 bits per heavy atom. The molecule has 2 heterocycles. The molecule has 3 rings (SSSR count). The van der Waals surface area contributed by atoms with E-state index in [1.807, 2.05) is 29.6 Å². The number of carbonyl (C=O) groups is 1. The van der Waals surface area contributed by atoms with Crippen molar-refractivity contribution in [1.29, 1.82) is 0 Å². The van der Waals surface area contributed by atoms with Gasteiger partial charge >= 0.3 is 0 Å². The molecule has 3 nitrogen and oxygen atoms in total. The first-order chi connectivity index (χ1) is 10.2. The Kier molecular flexibility index (Phi) is 4.08. The highest BCUT2D eigenvalue weighted by Crippen LogP contribution is 2.35. The van der Waals surface area contributed by atoms with E-state index in [1.165, 1.54) is 10.6 Å². The van der Waals surface area contributed by atoms with Gasteiger partial charge in [0.25, 0.3) is 5.91 Å². The van der Waals surface area contributed by atoms with Gasteiger partial charge in [-0.15, -0.1) is 22.9 Å². The fraction of sp³-hybridized carbons (Fsp3) is 0.250. The predicted octanol–water partition coefficient (Wildman–Crippen LogP) is 3.97. The molecule has 1 aromatic heterocycles. The highest BCUT2D eigenvalue weighted by Gasteiger charge is 2.33. The Morgan fingerprint density at radius 2 is 2.14 bits per heavy atom. The summed E-state index contributed by atoms with van der Waals surface area (Å²) in [6, 6.07) is 12.2. The normalized spacial score (nSPS) is 17.9. The molecule has 2 aromatic rings. The molecular weight excluding hydrogens is 304 g/mol. The monoisotopic (exact) mass is 318 g/mol. The number of aryl methyl sites for hydroxylation is 1. The number of hydrazone groups is 1. The highest BCUT2D eigenvalue weighted by molar-refractivity contribution is 7.10. The summed E-state index contributed by atoms with van der Waals surface area (Å²) in [5.41, 5.74) is 3.21. The van der Waals surface area contributed by atoms with Crippen molar-refractivity contribution in [2.45, 2.75) is 19.4 Å². The molecule has 1 amide bonds. The summed E-state index contributed by atoms with van der Waals surface area (Å²) in [7, 11) is 0. The average Bonchev–Trinajstić information content (AvgIpc) is 3.16. The van der Waals surface area contributed by atoms with Crippen molar-refractivity contribution in [1.82, 2.24) is 5.01 Å². The lowest BCUT2D eigenvalue weighted by atomic mass is 10.0. The van der Waals surface area contributed by atoms with Crippen LogP contribution in [-0.2, 0) is 4.79 Å². The molecule has 0 unspecified atom stereocenters. The van der Waals surface area contributed by atoms with Crippen LogP contribution in [0, 0.1) is 6.92 Å². The zero-order valence-corrected chi connectivity index (χ0v) is 13.2. The van der Waals surface area contributed by atoms with Crippen LogP contribution >= 0.6 is 22.9 Å². The second kappa shape index (κ2) is 6.00. The lowest BCUT2D eigenvalue weighted by molar-refractivity contribution is -0.130. The lowest BCUT2D eigenvalue weighted by Gasteiger charge is -2.19. The first kappa shape index (κ1) is 14.3. The zero-order valence-electron chi connectivity index (χ0n) is 11.6. The SMILES string of the molecule is Cc1ccc(C2=NN(C(=O)CCl)[C@H](c3cccs3)C2)cc1. The summed E-state index contributed by atoms with van der Waals surface area (Å²) in [5.74, 6) is -0.204. The topological polar surface area (TPSA) is 32.7 Å². The average molecular weight is 319 g/mol. The first-order valence-corrected chi connectivity index (χ1v) is 8.16. The maximum Gasteiger partial charge on any atom is 0.258 e. The Hall–Kier alpha value is -1.65. The van der Waals surface area contributed by atoms with Crippen LogP contribution < -0.4 is 0 Å². The number of hydrogen-bond acceptors (Lipinski definition) is 3. The van der Waals surface area contributed by atoms with E-state index in [2.05, 4.69) is 24.2 Å². The number of alkyl halides is 1. The largest absolute Gasteiger partial charge is 0.272 e. The van der Waals surface area contributed by atoms with E-state index >= 15 is 0 Å². The first-order valence-electron chi connectivity index (χ1n) is 6.75. The molecule has 5 heteroatoms. The molecule has 21 heavy (non-hydrogen) atoms. The smallest absolute Gasteiger partial charge is 0.258 e. The Balaban J connectivity index is 1.93. The predicted molar refractivity (Wildman–Crippen MR) is 87.0 cm³/mol. The third-order valence-corrected chi connectivity index (χ3v) is 4.74. The van der Waals surface area contributed by atoms with Crippen molar-refractivity contribution in [3.8, 4) is 0 Å². The number of rotatable bonds is 3. The van der Waals surface area contributed by atoms with E-state index in [0.717, 1.165) is 22.6 Å². The molecule has 0 bridgehead atoms. The van der Waals surface area contributed by atoms with Gasteiger partial charge in [-0.3, -0.25) is 4.79 Å². The molecule has 0 aliphatic carbocycles. The maximum atomic E-state index is 12.0. The van der Waals surface area contributed by atoms with Gasteiger partial charge in [0, 0.05) is 11.3 Å². The standard InChI is InChI=1S/C16H15ClN2OS/c1-11-4-6-12(7-5-11)13-9-14(15-3-2-8-21-15)19(18-13)16(20)10-17/h2-8,14H,9-10H2,1H3/t14-/m0/s1. The van der Waals surface area contributed by atoms with Crippen molar-refractivity contribution in [2.75, 3.05) is 5.88 Å². The summed E-state index contributed by atoms with van der Waals surface area (Å²) in [6.45, 7) is 2.05. The number of halogens is 1. The van der Waals surface area contributed by atoms with Gasteiger partial charge in [-0.1, -0.05) is 35.9 Å². The van der Waals surface area contributed by atoms with E-state index < -0.39 is 0 Å². The van der Waals surface area contributed by atoms with Crippen LogP contribution in [0.5, 0.6) is 0 Å². The van der Waals surface area contributed by atoms with Crippen molar-refractivity contribution in [2.24, 2.45) is 5.10 Å². The molecule has 0 radical (unpaired) electrons. The fourth-order valence-electron chi connectivity index (χ4n) is 2.42. The molecule has 1 aromatic carbocycles. The van der Waals surface area contributed by atoms with Gasteiger partial charge in [-0.05, 0) is 23.9 Å². The van der Waals surface area contributed by atoms with Gasteiger partial charge in [-0.2, -0.15) is 5.10 Å². The number of hydrogen-bond donors (Lipinski definition) is 0. The third kappa shape index (κ3) is 2.87. The Morgan fingerprint density at radius 3 is 2.76 bits per heavy atom. The van der Waals surface area contributed by atoms with Crippen LogP contribution in [0.4, 0.5) is 0 Å². The van der Waals surface area contributed by atoms with Crippen LogP contribution in [-0.4, -0.2) is 22.5 Å². The second-order valence-corrected chi connectivity index (χ2v) is 6.27. The van der Waals surface area contributed by atoms with E-state index in [-0.39, 0.29) is 17.8 Å². The minimum absolute atomic E-state index is 0.0347. The number of carbonyl (C=O) groups excluding carboxylic acids is 1. The van der Waals surface area contributed by atoms with Crippen LogP contribution in [0.3, 0.4) is 0 Å². The fourth-order valence-corrected chi connectivity index (χ4v) is 3.36. The van der Waals surface area contributed by atoms with Gasteiger partial charge in [0.1, 0.15) is 5.88 Å². The van der Waals surface area contributed by atoms with Crippen molar-refractivity contribution in [3.05, 3.63) is 57.8 Å². The molecule has 1 aliphatic heterocycles. The number of benzene rings is 1. The zero-order chi connectivity index (χ0) is 14.8. The lowest BCUT2D eigenvalue weighted by Crippen LogP contribution is -2.27. The van der Waals surface area contributed by atoms with Gasteiger partial charge in [0.15, 0.2) is 0 Å². The molecule has 1 aliphatic rings. The minimum Gasteiger partial charge on any atom is -0.272 e. The number of amides is 1. The van der Waals surface area contributed by atoms with E-state index in [9.17, 15) is 4.79 Å². The van der Waals surface area contributed by atoms with Gasteiger partial charge in [-0.25, -0.2) is 5.01 Å². The molecule has 0 fully saturated rings. The Bertz CT molecular complexity index is 664. The van der Waals surface area contributed by atoms with Crippen LogP contribution in [0.1, 0.15) is 28.5 Å². The summed E-state index contributed by atoms with van der Waals surface area (Å²) in [6.07, 6.45) is 0.728. The third-order valence-electron chi connectivity index (χ3n) is 3.54. The molecule has 1 atom stereocenters. The van der Waals surface area contributed by atoms with E-state index in [0.29, 0.717) is 0 Å². The molecule has 0 saturated heterocycles. The molecule has 0 spiro atoms. The van der Waals surface area contributed by atoms with Crippen LogP contribution in [0.25, 0.3) is 0 Å². The highest BCUT2D eigenvalue weighted by atomic mass is 35.5. The molecule has 108 valence electrons. The maximum absolute atomic E-state index is 12.0. The number of thiophene rings is 1. The van der Waals surface area contributed by atoms with Gasteiger partial charge < -0.3 is 0 Å². The van der Waals surface area contributed by atoms with Crippen molar-refractivity contribution < 1.29 is 4.79 Å². The van der Waals surface area contributed by atoms with Gasteiger partial charge in [0.2, 0.25) is 0 Å². The molecule has 0 N–H and O–H groups in total. The van der Waals surface area contributed by atoms with Crippen molar-refractivity contribution in [3.63, 3.8) is 0 Å². The molecule has 0 saturated carbocycles. The molecular formula is C16H15ClN2OS. The van der Waals surface area contributed by atoms with Gasteiger partial charge in [0.05, 0.1) is 11.8 Å². The van der Waals surface area contributed by atoms with E-state index in [4.69, 9.17) is 11.6 Å². The minimum atomic E-state index is -0.155. The summed E-state index contributed by atoms with van der Waals surface area (Å²) >= 11 is 7.36. The Labute approximate surface area is 132 Å². The summed E-state index contributed by atoms with van der Waals surface area (Å²) in [4.78, 5) is 13.2. The van der Waals surface area contributed by atoms with Crippen LogP contribution in [0.15, 0.2) is 46.9 Å².